The van der Waals surface area contributed by atoms with Crippen LogP contribution in [-0.4, -0.2) is 31.9 Å². The molecule has 1 N–H and O–H groups in total. The standard InChI is InChI=1S/C29H38O3Si/c1-28(2,3)33(23-11-6-4-7-12-23,24-13-8-5-9-14-24)32-18-10-16-29-17-15-21-19-22(29)20-25(30)26(29)27(21)31/h4-9,11-14,21-22,25-26,30H,10,15-20H2,1-3H3/t21?,22?,25-,26?,29?/m0/s1. The molecule has 0 saturated heterocycles. The summed E-state index contributed by atoms with van der Waals surface area (Å²) in [7, 11) is -2.52. The summed E-state index contributed by atoms with van der Waals surface area (Å²) in [6, 6.07) is 21.6. The molecule has 0 aliphatic heterocycles. The van der Waals surface area contributed by atoms with Gasteiger partial charge in [0.1, 0.15) is 5.78 Å². The van der Waals surface area contributed by atoms with Crippen LogP contribution in [0, 0.1) is 23.2 Å². The summed E-state index contributed by atoms with van der Waals surface area (Å²) in [6.45, 7) is 7.64. The lowest BCUT2D eigenvalue weighted by Crippen LogP contribution is -2.66. The van der Waals surface area contributed by atoms with Crippen molar-refractivity contribution < 1.29 is 14.3 Å². The number of benzene rings is 2. The molecule has 33 heavy (non-hydrogen) atoms. The second-order valence-electron chi connectivity index (χ2n) is 11.7. The highest BCUT2D eigenvalue weighted by atomic mass is 28.4. The zero-order valence-corrected chi connectivity index (χ0v) is 21.3. The Hall–Kier alpha value is -1.75. The summed E-state index contributed by atoms with van der Waals surface area (Å²) in [5.74, 6) is 0.965. The van der Waals surface area contributed by atoms with Crippen LogP contribution in [0.3, 0.4) is 0 Å². The summed E-state index contributed by atoms with van der Waals surface area (Å²) >= 11 is 0. The lowest BCUT2D eigenvalue weighted by molar-refractivity contribution is -0.148. The van der Waals surface area contributed by atoms with Crippen LogP contribution in [-0.2, 0) is 9.22 Å². The smallest absolute Gasteiger partial charge is 0.261 e. The maximum atomic E-state index is 13.0. The topological polar surface area (TPSA) is 46.5 Å². The minimum atomic E-state index is -2.52. The van der Waals surface area contributed by atoms with Crippen LogP contribution in [0.15, 0.2) is 60.7 Å². The maximum Gasteiger partial charge on any atom is 0.261 e. The lowest BCUT2D eigenvalue weighted by atomic mass is 9.52. The van der Waals surface area contributed by atoms with Crippen molar-refractivity contribution in [1.29, 1.82) is 0 Å². The van der Waals surface area contributed by atoms with Crippen molar-refractivity contribution in [3.05, 3.63) is 60.7 Å². The van der Waals surface area contributed by atoms with Gasteiger partial charge in [-0.3, -0.25) is 4.79 Å². The fourth-order valence-corrected chi connectivity index (χ4v) is 12.4. The first-order valence-corrected chi connectivity index (χ1v) is 14.7. The number of carbonyl (C=O) groups is 1. The van der Waals surface area contributed by atoms with E-state index in [2.05, 4.69) is 81.4 Å². The fraction of sp³-hybridized carbons (Fsp3) is 0.552. The van der Waals surface area contributed by atoms with Crippen LogP contribution in [0.4, 0.5) is 0 Å². The molecule has 4 heteroatoms. The molecule has 3 nitrogen and oxygen atoms in total. The van der Waals surface area contributed by atoms with Gasteiger partial charge in [0.2, 0.25) is 0 Å². The molecule has 0 aromatic heterocycles. The zero-order valence-electron chi connectivity index (χ0n) is 20.3. The van der Waals surface area contributed by atoms with Gasteiger partial charge in [-0.2, -0.15) is 0 Å². The highest BCUT2D eigenvalue weighted by Crippen LogP contribution is 2.64. The molecule has 4 saturated carbocycles. The van der Waals surface area contributed by atoms with Gasteiger partial charge in [-0.05, 0) is 65.3 Å². The SMILES string of the molecule is CC(C)(C)[Si](OCCCC12CCC3CC1C[C@H](O)C2C3=O)(c1ccccc1)c1ccccc1. The van der Waals surface area contributed by atoms with Gasteiger partial charge in [0.25, 0.3) is 8.32 Å². The Morgan fingerprint density at radius 3 is 2.18 bits per heavy atom. The highest BCUT2D eigenvalue weighted by Gasteiger charge is 2.64. The molecular formula is C29H38O3Si. The Bertz CT molecular complexity index is 943. The third-order valence-corrected chi connectivity index (χ3v) is 14.1. The van der Waals surface area contributed by atoms with Gasteiger partial charge in [-0.1, -0.05) is 81.4 Å². The molecule has 0 radical (unpaired) electrons. The van der Waals surface area contributed by atoms with Crippen molar-refractivity contribution in [1.82, 2.24) is 0 Å². The minimum Gasteiger partial charge on any atom is -0.407 e. The second kappa shape index (κ2) is 8.48. The Labute approximate surface area is 199 Å². The van der Waals surface area contributed by atoms with E-state index in [1.165, 1.54) is 10.4 Å². The van der Waals surface area contributed by atoms with Crippen LogP contribution in [0.25, 0.3) is 0 Å². The monoisotopic (exact) mass is 462 g/mol. The van der Waals surface area contributed by atoms with Crippen LogP contribution < -0.4 is 10.4 Å². The van der Waals surface area contributed by atoms with E-state index in [1.807, 2.05) is 0 Å². The van der Waals surface area contributed by atoms with E-state index in [1.54, 1.807) is 0 Å². The molecule has 4 aliphatic rings. The minimum absolute atomic E-state index is 0.0139. The van der Waals surface area contributed by atoms with Gasteiger partial charge in [0.05, 0.1) is 6.10 Å². The summed E-state index contributed by atoms with van der Waals surface area (Å²) in [5.41, 5.74) is 0.0139. The molecule has 0 heterocycles. The quantitative estimate of drug-likeness (QED) is 0.479. The van der Waals surface area contributed by atoms with E-state index in [9.17, 15) is 9.90 Å². The second-order valence-corrected chi connectivity index (χ2v) is 16.0. The zero-order chi connectivity index (χ0) is 23.3. The largest absolute Gasteiger partial charge is 0.407 e. The predicted octanol–water partition coefficient (Wildman–Crippen LogP) is 4.71. The van der Waals surface area contributed by atoms with E-state index in [0.717, 1.165) is 38.5 Å². The normalized spacial score (nSPS) is 31.2. The first-order chi connectivity index (χ1) is 15.8. The molecule has 6 rings (SSSR count). The summed E-state index contributed by atoms with van der Waals surface area (Å²) < 4.78 is 7.10. The van der Waals surface area contributed by atoms with Gasteiger partial charge in [-0.25, -0.2) is 0 Å². The lowest BCUT2D eigenvalue weighted by Gasteiger charge is -2.51. The molecule has 2 aromatic rings. The van der Waals surface area contributed by atoms with Crippen LogP contribution in [0.5, 0.6) is 0 Å². The number of carbonyl (C=O) groups excluding carboxylic acids is 1. The molecule has 176 valence electrons. The number of hydrogen-bond acceptors (Lipinski definition) is 3. The Morgan fingerprint density at radius 2 is 1.61 bits per heavy atom. The van der Waals surface area contributed by atoms with E-state index in [0.29, 0.717) is 18.3 Å². The third kappa shape index (κ3) is 3.57. The average Bonchev–Trinajstić information content (AvgIpc) is 3.03. The number of fused-ring (bicyclic) bond motifs is 1. The molecule has 0 amide bonds. The van der Waals surface area contributed by atoms with Crippen molar-refractivity contribution in [2.45, 2.75) is 70.4 Å². The van der Waals surface area contributed by atoms with Gasteiger partial charge < -0.3 is 9.53 Å². The number of aliphatic hydroxyl groups excluding tert-OH is 1. The van der Waals surface area contributed by atoms with Gasteiger partial charge in [0, 0.05) is 18.4 Å². The van der Waals surface area contributed by atoms with E-state index in [4.69, 9.17) is 4.43 Å². The molecule has 2 aromatic carbocycles. The van der Waals surface area contributed by atoms with E-state index in [-0.39, 0.29) is 22.3 Å². The van der Waals surface area contributed by atoms with Crippen LogP contribution in [0.1, 0.15) is 59.3 Å². The van der Waals surface area contributed by atoms with Crippen molar-refractivity contribution >= 4 is 24.5 Å². The number of Topliss-reactive ketones (excluding diaryl/α,β-unsaturated/α-hetero) is 1. The number of ketones is 1. The summed E-state index contributed by atoms with van der Waals surface area (Å²) in [6.07, 6.45) is 5.47. The molecule has 4 fully saturated rings. The number of aliphatic hydroxyl groups is 1. The molecule has 0 spiro atoms. The Kier molecular flexibility index (Phi) is 5.91. The van der Waals surface area contributed by atoms with Gasteiger partial charge in [-0.15, -0.1) is 0 Å². The fourth-order valence-electron chi connectivity index (χ4n) is 7.75. The van der Waals surface area contributed by atoms with Crippen LogP contribution in [0.2, 0.25) is 5.04 Å². The van der Waals surface area contributed by atoms with Crippen molar-refractivity contribution in [3.8, 4) is 0 Å². The first kappa shape index (κ1) is 23.0. The van der Waals surface area contributed by atoms with Crippen molar-refractivity contribution in [2.24, 2.45) is 23.2 Å². The molecule has 4 unspecified atom stereocenters. The maximum absolute atomic E-state index is 13.0. The van der Waals surface area contributed by atoms with Crippen molar-refractivity contribution in [3.63, 3.8) is 0 Å². The van der Waals surface area contributed by atoms with Gasteiger partial charge >= 0.3 is 0 Å². The molecule has 5 atom stereocenters. The van der Waals surface area contributed by atoms with Crippen molar-refractivity contribution in [2.75, 3.05) is 6.61 Å². The summed E-state index contributed by atoms with van der Waals surface area (Å²) in [5, 5.41) is 13.3. The highest BCUT2D eigenvalue weighted by molar-refractivity contribution is 6.99. The summed E-state index contributed by atoms with van der Waals surface area (Å²) in [4.78, 5) is 13.0. The van der Waals surface area contributed by atoms with E-state index < -0.39 is 14.4 Å². The molecule has 4 aliphatic carbocycles. The van der Waals surface area contributed by atoms with E-state index >= 15 is 0 Å². The molecular weight excluding hydrogens is 424 g/mol. The number of hydrogen-bond donors (Lipinski definition) is 1. The number of rotatable bonds is 7. The Morgan fingerprint density at radius 1 is 1.00 bits per heavy atom. The predicted molar refractivity (Wildman–Crippen MR) is 135 cm³/mol. The Balaban J connectivity index is 1.40. The van der Waals surface area contributed by atoms with Crippen LogP contribution >= 0.6 is 0 Å². The first-order valence-electron chi connectivity index (χ1n) is 12.8. The third-order valence-electron chi connectivity index (χ3n) is 9.10. The average molecular weight is 463 g/mol. The molecule has 4 bridgehead atoms. The van der Waals surface area contributed by atoms with Gasteiger partial charge in [0.15, 0.2) is 0 Å².